The lowest BCUT2D eigenvalue weighted by atomic mass is 10.0. The molecule has 1 amide bonds. The second kappa shape index (κ2) is 4.79. The molecule has 0 saturated heterocycles. The van der Waals surface area contributed by atoms with Gasteiger partial charge in [0.25, 0.3) is 0 Å². The molecule has 0 bridgehead atoms. The first-order valence-corrected chi connectivity index (χ1v) is 5.39. The molecule has 3 nitrogen and oxygen atoms in total. The van der Waals surface area contributed by atoms with Gasteiger partial charge in [-0.2, -0.15) is 13.2 Å². The second-order valence-corrected chi connectivity index (χ2v) is 3.95. The predicted octanol–water partition coefficient (Wildman–Crippen LogP) is 3.92. The first-order valence-electron chi connectivity index (χ1n) is 5.39. The van der Waals surface area contributed by atoms with Crippen molar-refractivity contribution < 1.29 is 22.4 Å². The molecule has 0 unspecified atom stereocenters. The fourth-order valence-corrected chi connectivity index (χ4v) is 1.73. The summed E-state index contributed by atoms with van der Waals surface area (Å²) in [6, 6.07) is 5.07. The number of hydrogen-bond donors (Lipinski definition) is 1. The highest BCUT2D eigenvalue weighted by Gasteiger charge is 2.34. The van der Waals surface area contributed by atoms with Gasteiger partial charge in [0.2, 0.25) is 5.91 Å². The van der Waals surface area contributed by atoms with Crippen LogP contribution in [0.5, 0.6) is 0 Å². The molecule has 0 aliphatic rings. The van der Waals surface area contributed by atoms with Crippen LogP contribution in [0.15, 0.2) is 41.2 Å². The molecule has 0 atom stereocenters. The van der Waals surface area contributed by atoms with Crippen LogP contribution in [0.3, 0.4) is 0 Å². The van der Waals surface area contributed by atoms with Gasteiger partial charge in [-0.3, -0.25) is 4.79 Å². The summed E-state index contributed by atoms with van der Waals surface area (Å²) in [5.74, 6) is -0.427. The van der Waals surface area contributed by atoms with Crippen LogP contribution in [0.2, 0.25) is 0 Å². The Hall–Kier alpha value is -2.24. The zero-order valence-electron chi connectivity index (χ0n) is 9.91. The number of furan rings is 1. The SMILES string of the molecule is CC(=O)Nc1ccc(-c2ccoc2)c(C(F)(F)F)c1. The van der Waals surface area contributed by atoms with E-state index in [1.807, 2.05) is 0 Å². The van der Waals surface area contributed by atoms with E-state index >= 15 is 0 Å². The van der Waals surface area contributed by atoms with Crippen molar-refractivity contribution in [3.8, 4) is 11.1 Å². The molecule has 1 aromatic carbocycles. The normalized spacial score (nSPS) is 11.4. The molecular formula is C13H10F3NO2. The first kappa shape index (κ1) is 13.2. The molecular weight excluding hydrogens is 259 g/mol. The monoisotopic (exact) mass is 269 g/mol. The predicted molar refractivity (Wildman–Crippen MR) is 63.4 cm³/mol. The van der Waals surface area contributed by atoms with Crippen molar-refractivity contribution in [1.82, 2.24) is 0 Å². The van der Waals surface area contributed by atoms with E-state index in [1.54, 1.807) is 0 Å². The minimum absolute atomic E-state index is 0.00959. The Kier molecular flexibility index (Phi) is 3.33. The Balaban J connectivity index is 2.53. The molecule has 0 saturated carbocycles. The van der Waals surface area contributed by atoms with E-state index < -0.39 is 17.6 Å². The molecule has 100 valence electrons. The molecule has 0 fully saturated rings. The summed E-state index contributed by atoms with van der Waals surface area (Å²) in [7, 11) is 0. The Morgan fingerprint density at radius 3 is 2.53 bits per heavy atom. The molecule has 1 aromatic heterocycles. The first-order chi connectivity index (χ1) is 8.88. The number of halogens is 3. The Labute approximate surface area is 107 Å². The minimum atomic E-state index is -4.51. The molecule has 0 aliphatic carbocycles. The van der Waals surface area contributed by atoms with Crippen LogP contribution >= 0.6 is 0 Å². The molecule has 1 N–H and O–H groups in total. The number of nitrogens with one attached hydrogen (secondary N) is 1. The number of rotatable bonds is 2. The van der Waals surface area contributed by atoms with Crippen LogP contribution < -0.4 is 5.32 Å². The van der Waals surface area contributed by atoms with Crippen LogP contribution in [0.1, 0.15) is 12.5 Å². The number of benzene rings is 1. The van der Waals surface area contributed by atoms with Crippen molar-refractivity contribution >= 4 is 11.6 Å². The fraction of sp³-hybridized carbons (Fsp3) is 0.154. The zero-order valence-corrected chi connectivity index (χ0v) is 9.91. The number of anilines is 1. The van der Waals surface area contributed by atoms with Gasteiger partial charge in [0, 0.05) is 18.2 Å². The molecule has 19 heavy (non-hydrogen) atoms. The summed E-state index contributed by atoms with van der Waals surface area (Å²) in [6.07, 6.45) is -1.97. The largest absolute Gasteiger partial charge is 0.472 e. The van der Waals surface area contributed by atoms with Crippen molar-refractivity contribution in [2.24, 2.45) is 0 Å². The van der Waals surface area contributed by atoms with Crippen LogP contribution in [0, 0.1) is 0 Å². The molecule has 0 aliphatic heterocycles. The average Bonchev–Trinajstić information content (AvgIpc) is 2.80. The standard InChI is InChI=1S/C13H10F3NO2/c1-8(18)17-10-2-3-11(9-4-5-19-7-9)12(6-10)13(14,15)16/h2-7H,1H3,(H,17,18). The number of carbonyl (C=O) groups is 1. The Morgan fingerprint density at radius 2 is 2.00 bits per heavy atom. The third-order valence-electron chi connectivity index (χ3n) is 2.48. The Bertz CT molecular complexity index is 588. The third kappa shape index (κ3) is 2.96. The van der Waals surface area contributed by atoms with Gasteiger partial charge in [-0.05, 0) is 23.8 Å². The van der Waals surface area contributed by atoms with Crippen molar-refractivity contribution in [1.29, 1.82) is 0 Å². The second-order valence-electron chi connectivity index (χ2n) is 3.95. The lowest BCUT2D eigenvalue weighted by Gasteiger charge is -2.13. The fourth-order valence-electron chi connectivity index (χ4n) is 1.73. The average molecular weight is 269 g/mol. The zero-order chi connectivity index (χ0) is 14.0. The third-order valence-corrected chi connectivity index (χ3v) is 2.48. The van der Waals surface area contributed by atoms with Crippen LogP contribution in [-0.4, -0.2) is 5.91 Å². The van der Waals surface area contributed by atoms with Gasteiger partial charge in [-0.15, -0.1) is 0 Å². The van der Waals surface area contributed by atoms with E-state index in [9.17, 15) is 18.0 Å². The summed E-state index contributed by atoms with van der Waals surface area (Å²) in [5.41, 5.74) is -0.371. The molecule has 0 radical (unpaired) electrons. The summed E-state index contributed by atoms with van der Waals surface area (Å²) in [5, 5.41) is 2.33. The summed E-state index contributed by atoms with van der Waals surface area (Å²) in [6.45, 7) is 1.23. The van der Waals surface area contributed by atoms with Gasteiger partial charge in [0.1, 0.15) is 0 Å². The lowest BCUT2D eigenvalue weighted by Crippen LogP contribution is -2.10. The van der Waals surface area contributed by atoms with Crippen molar-refractivity contribution in [2.75, 3.05) is 5.32 Å². The molecule has 6 heteroatoms. The summed E-state index contributed by atoms with van der Waals surface area (Å²) >= 11 is 0. The van der Waals surface area contributed by atoms with Crippen molar-refractivity contribution in [3.63, 3.8) is 0 Å². The summed E-state index contributed by atoms with van der Waals surface area (Å²) < 4.78 is 43.8. The number of carbonyl (C=O) groups excluding carboxylic acids is 1. The molecule has 0 spiro atoms. The molecule has 2 rings (SSSR count). The molecule has 1 heterocycles. The maximum Gasteiger partial charge on any atom is 0.417 e. The van der Waals surface area contributed by atoms with E-state index in [1.165, 1.54) is 37.6 Å². The Morgan fingerprint density at radius 1 is 1.26 bits per heavy atom. The van der Waals surface area contributed by atoms with Crippen LogP contribution in [-0.2, 0) is 11.0 Å². The van der Waals surface area contributed by atoms with Crippen LogP contribution in [0.25, 0.3) is 11.1 Å². The highest BCUT2D eigenvalue weighted by Crippen LogP contribution is 2.38. The number of hydrogen-bond acceptors (Lipinski definition) is 2. The van der Waals surface area contributed by atoms with E-state index in [-0.39, 0.29) is 11.3 Å². The highest BCUT2D eigenvalue weighted by molar-refractivity contribution is 5.89. The summed E-state index contributed by atoms with van der Waals surface area (Å²) in [4.78, 5) is 10.9. The van der Waals surface area contributed by atoms with Gasteiger partial charge in [-0.1, -0.05) is 6.07 Å². The maximum atomic E-state index is 13.0. The number of alkyl halides is 3. The van der Waals surface area contributed by atoms with E-state index in [0.717, 1.165) is 6.07 Å². The smallest absolute Gasteiger partial charge is 0.417 e. The quantitative estimate of drug-likeness (QED) is 0.897. The van der Waals surface area contributed by atoms with E-state index in [0.29, 0.717) is 5.56 Å². The van der Waals surface area contributed by atoms with Crippen LogP contribution in [0.4, 0.5) is 18.9 Å². The minimum Gasteiger partial charge on any atom is -0.472 e. The van der Waals surface area contributed by atoms with Gasteiger partial charge >= 0.3 is 6.18 Å². The number of amides is 1. The molecule has 2 aromatic rings. The van der Waals surface area contributed by atoms with Gasteiger partial charge in [0.15, 0.2) is 0 Å². The van der Waals surface area contributed by atoms with Crippen molar-refractivity contribution in [2.45, 2.75) is 13.1 Å². The van der Waals surface area contributed by atoms with Gasteiger partial charge < -0.3 is 9.73 Å². The van der Waals surface area contributed by atoms with E-state index in [4.69, 9.17) is 4.42 Å². The topological polar surface area (TPSA) is 42.2 Å². The lowest BCUT2D eigenvalue weighted by molar-refractivity contribution is -0.137. The maximum absolute atomic E-state index is 13.0. The van der Waals surface area contributed by atoms with Gasteiger partial charge in [0.05, 0.1) is 18.1 Å². The van der Waals surface area contributed by atoms with Crippen molar-refractivity contribution in [3.05, 3.63) is 42.4 Å². The highest BCUT2D eigenvalue weighted by atomic mass is 19.4. The van der Waals surface area contributed by atoms with Gasteiger partial charge in [-0.25, -0.2) is 0 Å². The van der Waals surface area contributed by atoms with E-state index in [2.05, 4.69) is 5.32 Å².